The van der Waals surface area contributed by atoms with Gasteiger partial charge < -0.3 is 15.7 Å². The van der Waals surface area contributed by atoms with E-state index in [1.807, 2.05) is 18.7 Å². The molecule has 1 saturated carbocycles. The van der Waals surface area contributed by atoms with Crippen molar-refractivity contribution < 1.29 is 9.90 Å². The van der Waals surface area contributed by atoms with Crippen LogP contribution in [-0.2, 0) is 4.79 Å². The molecule has 0 aromatic carbocycles. The van der Waals surface area contributed by atoms with E-state index in [1.165, 1.54) is 12.8 Å². The summed E-state index contributed by atoms with van der Waals surface area (Å²) < 4.78 is 0. The minimum absolute atomic E-state index is 0.183. The van der Waals surface area contributed by atoms with Gasteiger partial charge in [0.05, 0.1) is 18.5 Å². The third-order valence-corrected chi connectivity index (χ3v) is 5.20. The largest absolute Gasteiger partial charge is 0.386 e. The number of carbonyl (C=O) groups excluding carboxylic acids is 1. The Bertz CT molecular complexity index is 327. The van der Waals surface area contributed by atoms with Crippen LogP contribution in [-0.4, -0.2) is 41.1 Å². The zero-order valence-electron chi connectivity index (χ0n) is 12.3. The number of hydrogen-bond acceptors (Lipinski definition) is 3. The second kappa shape index (κ2) is 5.41. The molecule has 1 aliphatic carbocycles. The van der Waals surface area contributed by atoms with Crippen molar-refractivity contribution in [2.45, 2.75) is 58.0 Å². The Hall–Kier alpha value is -0.610. The predicted octanol–water partition coefficient (Wildman–Crippen LogP) is 1.51. The van der Waals surface area contributed by atoms with Gasteiger partial charge >= 0.3 is 0 Å². The van der Waals surface area contributed by atoms with Crippen LogP contribution in [0.2, 0.25) is 0 Å². The third kappa shape index (κ3) is 2.65. The Morgan fingerprint density at radius 3 is 2.16 bits per heavy atom. The molecule has 4 heteroatoms. The summed E-state index contributed by atoms with van der Waals surface area (Å²) in [5.74, 6) is 0.377. The second-order valence-corrected chi connectivity index (χ2v) is 6.82. The summed E-state index contributed by atoms with van der Waals surface area (Å²) in [6, 6.07) is 0. The molecule has 0 bridgehead atoms. The monoisotopic (exact) mass is 268 g/mol. The van der Waals surface area contributed by atoms with Gasteiger partial charge in [0.25, 0.3) is 0 Å². The molecule has 2 aliphatic rings. The molecule has 0 unspecified atom stereocenters. The molecule has 110 valence electrons. The van der Waals surface area contributed by atoms with E-state index in [9.17, 15) is 9.90 Å². The van der Waals surface area contributed by atoms with E-state index >= 15 is 0 Å². The van der Waals surface area contributed by atoms with Crippen LogP contribution in [0, 0.1) is 11.3 Å². The number of likely N-dealkylation sites (tertiary alicyclic amines) is 1. The summed E-state index contributed by atoms with van der Waals surface area (Å²) in [6.45, 7) is 5.41. The molecule has 1 saturated heterocycles. The number of nitrogens with zero attached hydrogens (tertiary/aromatic N) is 1. The number of nitrogens with two attached hydrogens (primary N) is 1. The first-order valence-electron chi connectivity index (χ1n) is 7.65. The van der Waals surface area contributed by atoms with Gasteiger partial charge in [-0.15, -0.1) is 0 Å². The maximum Gasteiger partial charge on any atom is 0.230 e. The van der Waals surface area contributed by atoms with Crippen molar-refractivity contribution in [3.8, 4) is 0 Å². The molecule has 0 atom stereocenters. The molecule has 1 amide bonds. The summed E-state index contributed by atoms with van der Waals surface area (Å²) >= 11 is 0. The summed E-state index contributed by atoms with van der Waals surface area (Å²) in [6.07, 6.45) is 6.46. The molecule has 0 aromatic heterocycles. The molecule has 19 heavy (non-hydrogen) atoms. The van der Waals surface area contributed by atoms with Gasteiger partial charge in [0.1, 0.15) is 5.60 Å². The quantitative estimate of drug-likeness (QED) is 0.763. The Labute approximate surface area is 116 Å². The normalized spacial score (nSPS) is 25.8. The van der Waals surface area contributed by atoms with Gasteiger partial charge in [0.2, 0.25) is 5.91 Å². The smallest absolute Gasteiger partial charge is 0.230 e. The number of amides is 1. The highest BCUT2D eigenvalue weighted by Gasteiger charge is 2.50. The number of β-amino-alcohol motifs (C(OH)–C–C–N with tert-alkyl or cyclic N) is 1. The Kier molecular flexibility index (Phi) is 4.21. The predicted molar refractivity (Wildman–Crippen MR) is 75.6 cm³/mol. The zero-order valence-corrected chi connectivity index (χ0v) is 12.3. The minimum atomic E-state index is -0.684. The highest BCUT2D eigenvalue weighted by Crippen LogP contribution is 2.39. The first-order chi connectivity index (χ1) is 8.93. The van der Waals surface area contributed by atoms with Crippen LogP contribution >= 0.6 is 0 Å². The van der Waals surface area contributed by atoms with Crippen LogP contribution in [0.4, 0.5) is 0 Å². The lowest BCUT2D eigenvalue weighted by Crippen LogP contribution is -2.68. The SMILES string of the molecule is CC(C)C1(O)CN(C(=O)C2(CN)CCCCCC2)C1. The lowest BCUT2D eigenvalue weighted by atomic mass is 9.75. The van der Waals surface area contributed by atoms with Crippen molar-refractivity contribution >= 4 is 5.91 Å². The molecular formula is C15H28N2O2. The fourth-order valence-electron chi connectivity index (χ4n) is 3.37. The molecule has 4 nitrogen and oxygen atoms in total. The fraction of sp³-hybridized carbons (Fsp3) is 0.933. The van der Waals surface area contributed by atoms with Crippen molar-refractivity contribution in [3.05, 3.63) is 0 Å². The molecule has 3 N–H and O–H groups in total. The van der Waals surface area contributed by atoms with Crippen LogP contribution < -0.4 is 5.73 Å². The van der Waals surface area contributed by atoms with E-state index in [0.717, 1.165) is 25.7 Å². The number of aliphatic hydroxyl groups is 1. The van der Waals surface area contributed by atoms with Gasteiger partial charge in [-0.3, -0.25) is 4.79 Å². The third-order valence-electron chi connectivity index (χ3n) is 5.20. The van der Waals surface area contributed by atoms with Crippen LogP contribution in [0.5, 0.6) is 0 Å². The standard InChI is InChI=1S/C15H28N2O2/c1-12(2)15(19)10-17(11-15)13(18)14(9-16)7-5-3-4-6-8-14/h12,19H,3-11,16H2,1-2H3. The Morgan fingerprint density at radius 1 is 1.21 bits per heavy atom. The molecule has 1 aliphatic heterocycles. The van der Waals surface area contributed by atoms with Gasteiger partial charge in [-0.05, 0) is 18.8 Å². The van der Waals surface area contributed by atoms with Gasteiger partial charge in [0.15, 0.2) is 0 Å². The van der Waals surface area contributed by atoms with E-state index in [4.69, 9.17) is 5.73 Å². The highest BCUT2D eigenvalue weighted by molar-refractivity contribution is 5.84. The average Bonchev–Trinajstić information content (AvgIpc) is 2.60. The lowest BCUT2D eigenvalue weighted by Gasteiger charge is -2.51. The van der Waals surface area contributed by atoms with Crippen molar-refractivity contribution in [3.63, 3.8) is 0 Å². The van der Waals surface area contributed by atoms with Crippen LogP contribution in [0.1, 0.15) is 52.4 Å². The van der Waals surface area contributed by atoms with Gasteiger partial charge in [0, 0.05) is 6.54 Å². The maximum absolute atomic E-state index is 12.7. The Morgan fingerprint density at radius 2 is 1.74 bits per heavy atom. The van der Waals surface area contributed by atoms with Gasteiger partial charge in [-0.25, -0.2) is 0 Å². The molecule has 2 fully saturated rings. The highest BCUT2D eigenvalue weighted by atomic mass is 16.3. The summed E-state index contributed by atoms with van der Waals surface area (Å²) in [5, 5.41) is 10.3. The zero-order chi connectivity index (χ0) is 14.1. The van der Waals surface area contributed by atoms with Gasteiger partial charge in [-0.2, -0.15) is 0 Å². The number of carbonyl (C=O) groups is 1. The van der Waals surface area contributed by atoms with Crippen molar-refractivity contribution in [1.29, 1.82) is 0 Å². The van der Waals surface area contributed by atoms with E-state index in [2.05, 4.69) is 0 Å². The van der Waals surface area contributed by atoms with Gasteiger partial charge in [-0.1, -0.05) is 39.5 Å². The van der Waals surface area contributed by atoms with E-state index in [0.29, 0.717) is 19.6 Å². The summed E-state index contributed by atoms with van der Waals surface area (Å²) in [4.78, 5) is 14.5. The Balaban J connectivity index is 2.02. The van der Waals surface area contributed by atoms with Crippen molar-refractivity contribution in [2.75, 3.05) is 19.6 Å². The van der Waals surface area contributed by atoms with E-state index in [1.54, 1.807) is 0 Å². The molecular weight excluding hydrogens is 240 g/mol. The van der Waals surface area contributed by atoms with E-state index in [-0.39, 0.29) is 17.2 Å². The molecule has 0 radical (unpaired) electrons. The first kappa shape index (κ1) is 14.8. The summed E-state index contributed by atoms with van der Waals surface area (Å²) in [5.41, 5.74) is 4.91. The lowest BCUT2D eigenvalue weighted by molar-refractivity contribution is -0.173. The average molecular weight is 268 g/mol. The number of rotatable bonds is 3. The van der Waals surface area contributed by atoms with Crippen molar-refractivity contribution in [1.82, 2.24) is 4.90 Å². The fourth-order valence-corrected chi connectivity index (χ4v) is 3.37. The molecule has 2 rings (SSSR count). The summed E-state index contributed by atoms with van der Waals surface area (Å²) in [7, 11) is 0. The first-order valence-corrected chi connectivity index (χ1v) is 7.65. The molecule has 0 aromatic rings. The second-order valence-electron chi connectivity index (χ2n) is 6.82. The molecule has 1 heterocycles. The van der Waals surface area contributed by atoms with Crippen LogP contribution in [0.25, 0.3) is 0 Å². The minimum Gasteiger partial charge on any atom is -0.386 e. The van der Waals surface area contributed by atoms with Crippen LogP contribution in [0.3, 0.4) is 0 Å². The topological polar surface area (TPSA) is 66.6 Å². The molecule has 0 spiro atoms. The maximum atomic E-state index is 12.7. The number of hydrogen-bond donors (Lipinski definition) is 2. The van der Waals surface area contributed by atoms with E-state index < -0.39 is 5.60 Å². The van der Waals surface area contributed by atoms with Crippen LogP contribution in [0.15, 0.2) is 0 Å². The van der Waals surface area contributed by atoms with Crippen molar-refractivity contribution in [2.24, 2.45) is 17.1 Å².